The van der Waals surface area contributed by atoms with Crippen molar-refractivity contribution in [1.82, 2.24) is 0 Å². The number of carbonyl (C=O) groups is 1. The maximum absolute atomic E-state index is 11.9. The molecule has 0 bridgehead atoms. The lowest BCUT2D eigenvalue weighted by atomic mass is 9.78. The lowest BCUT2D eigenvalue weighted by Gasteiger charge is -2.31. The lowest BCUT2D eigenvalue weighted by molar-refractivity contribution is 0.0267. The summed E-state index contributed by atoms with van der Waals surface area (Å²) in [6.45, 7) is 2.10. The minimum absolute atomic E-state index is 0.0731. The highest BCUT2D eigenvalue weighted by atomic mass is 16.5. The highest BCUT2D eigenvalue weighted by Gasteiger charge is 2.32. The maximum atomic E-state index is 11.9. The van der Waals surface area contributed by atoms with Gasteiger partial charge in [0.05, 0.1) is 18.3 Å². The molecule has 21 heavy (non-hydrogen) atoms. The number of carbonyl (C=O) groups excluding carboxylic acids is 1. The highest BCUT2D eigenvalue weighted by molar-refractivity contribution is 5.86. The molecule has 0 aliphatic rings. The molecule has 0 spiro atoms. The molecule has 1 aromatic carbocycles. The number of benzene rings is 1. The monoisotopic (exact) mass is 288 g/mol. The van der Waals surface area contributed by atoms with Crippen molar-refractivity contribution in [3.8, 4) is 0 Å². The maximum Gasteiger partial charge on any atom is 0.374 e. The summed E-state index contributed by atoms with van der Waals surface area (Å²) < 4.78 is 10.4. The Morgan fingerprint density at radius 3 is 2.57 bits per heavy atom. The first kappa shape index (κ1) is 15.3. The first-order valence-corrected chi connectivity index (χ1v) is 7.09. The fourth-order valence-electron chi connectivity index (χ4n) is 2.46. The average Bonchev–Trinajstić information content (AvgIpc) is 3.06. The smallest absolute Gasteiger partial charge is 0.374 e. The van der Waals surface area contributed by atoms with Crippen LogP contribution in [0, 0.1) is 0 Å². The van der Waals surface area contributed by atoms with Crippen LogP contribution in [-0.2, 0) is 10.2 Å². The van der Waals surface area contributed by atoms with E-state index < -0.39 is 11.4 Å². The minimum atomic E-state index is -0.571. The zero-order chi connectivity index (χ0) is 15.1. The van der Waals surface area contributed by atoms with E-state index in [9.17, 15) is 9.90 Å². The van der Waals surface area contributed by atoms with Gasteiger partial charge in [0.1, 0.15) is 6.61 Å². The first-order chi connectivity index (χ1) is 10.2. The van der Waals surface area contributed by atoms with Crippen LogP contribution in [0.2, 0.25) is 0 Å². The van der Waals surface area contributed by atoms with E-state index in [4.69, 9.17) is 9.15 Å². The molecular weight excluding hydrogens is 268 g/mol. The Labute approximate surface area is 124 Å². The summed E-state index contributed by atoms with van der Waals surface area (Å²) >= 11 is 0. The van der Waals surface area contributed by atoms with Gasteiger partial charge < -0.3 is 14.3 Å². The second-order valence-electron chi connectivity index (χ2n) is 5.11. The number of esters is 1. The van der Waals surface area contributed by atoms with Crippen LogP contribution < -0.4 is 0 Å². The molecule has 4 heteroatoms. The molecule has 1 heterocycles. The first-order valence-electron chi connectivity index (χ1n) is 7.09. The Morgan fingerprint density at radius 1 is 1.24 bits per heavy atom. The number of ether oxygens (including phenoxy) is 1. The number of aliphatic hydroxyl groups excluding tert-OH is 1. The van der Waals surface area contributed by atoms with E-state index in [2.05, 4.69) is 0 Å². The number of rotatable bonds is 7. The van der Waals surface area contributed by atoms with E-state index >= 15 is 0 Å². The van der Waals surface area contributed by atoms with Crippen LogP contribution in [0.4, 0.5) is 0 Å². The fraction of sp³-hybridized carbons (Fsp3) is 0.353. The van der Waals surface area contributed by atoms with Gasteiger partial charge in [-0.15, -0.1) is 0 Å². The molecule has 112 valence electrons. The van der Waals surface area contributed by atoms with Gasteiger partial charge in [0, 0.05) is 0 Å². The van der Waals surface area contributed by atoms with Crippen LogP contribution in [0.15, 0.2) is 53.1 Å². The van der Waals surface area contributed by atoms with E-state index in [-0.39, 0.29) is 19.0 Å². The van der Waals surface area contributed by atoms with E-state index in [0.29, 0.717) is 0 Å². The summed E-state index contributed by atoms with van der Waals surface area (Å²) in [6, 6.07) is 12.9. The average molecular weight is 288 g/mol. The van der Waals surface area contributed by atoms with Crippen molar-refractivity contribution in [2.45, 2.75) is 25.2 Å². The molecule has 1 unspecified atom stereocenters. The standard InChI is InChI=1S/C17H20O4/c1-2-10-17(12-18,14-7-4-3-5-8-14)13-21-16(19)15-9-6-11-20-15/h3-9,11,18H,2,10,12-13H2,1H3. The number of furan rings is 1. The summed E-state index contributed by atoms with van der Waals surface area (Å²) in [6.07, 6.45) is 3.05. The van der Waals surface area contributed by atoms with Crippen molar-refractivity contribution in [3.05, 3.63) is 60.1 Å². The molecular formula is C17H20O4. The van der Waals surface area contributed by atoms with Crippen LogP contribution >= 0.6 is 0 Å². The molecule has 0 saturated carbocycles. The van der Waals surface area contributed by atoms with Crippen LogP contribution in [-0.4, -0.2) is 24.3 Å². The van der Waals surface area contributed by atoms with Crippen LogP contribution in [0.5, 0.6) is 0 Å². The minimum Gasteiger partial charge on any atom is -0.459 e. The van der Waals surface area contributed by atoms with Crippen molar-refractivity contribution < 1.29 is 19.1 Å². The third kappa shape index (κ3) is 3.52. The number of hydrogen-bond acceptors (Lipinski definition) is 4. The molecule has 1 aromatic heterocycles. The Kier molecular flexibility index (Phi) is 5.17. The van der Waals surface area contributed by atoms with Gasteiger partial charge in [0.2, 0.25) is 5.76 Å². The van der Waals surface area contributed by atoms with E-state index in [1.165, 1.54) is 6.26 Å². The van der Waals surface area contributed by atoms with Crippen molar-refractivity contribution >= 4 is 5.97 Å². The predicted octanol–water partition coefficient (Wildman–Crippen LogP) is 3.17. The fourth-order valence-corrected chi connectivity index (χ4v) is 2.46. The molecule has 0 aliphatic carbocycles. The van der Waals surface area contributed by atoms with Gasteiger partial charge >= 0.3 is 5.97 Å². The third-order valence-corrected chi connectivity index (χ3v) is 3.62. The van der Waals surface area contributed by atoms with Crippen LogP contribution in [0.25, 0.3) is 0 Å². The van der Waals surface area contributed by atoms with Gasteiger partial charge in [-0.3, -0.25) is 0 Å². The Morgan fingerprint density at radius 2 is 2.00 bits per heavy atom. The predicted molar refractivity (Wildman–Crippen MR) is 79.1 cm³/mol. The van der Waals surface area contributed by atoms with Crippen molar-refractivity contribution in [2.75, 3.05) is 13.2 Å². The Hall–Kier alpha value is -2.07. The summed E-state index contributed by atoms with van der Waals surface area (Å²) in [7, 11) is 0. The Bertz CT molecular complexity index is 547. The van der Waals surface area contributed by atoms with Crippen LogP contribution in [0.1, 0.15) is 35.9 Å². The highest BCUT2D eigenvalue weighted by Crippen LogP contribution is 2.30. The van der Waals surface area contributed by atoms with Gasteiger partial charge in [-0.05, 0) is 24.1 Å². The molecule has 2 aromatic rings. The van der Waals surface area contributed by atoms with Crippen molar-refractivity contribution in [3.63, 3.8) is 0 Å². The molecule has 0 amide bonds. The van der Waals surface area contributed by atoms with E-state index in [0.717, 1.165) is 18.4 Å². The molecule has 0 aliphatic heterocycles. The normalized spacial score (nSPS) is 13.6. The quantitative estimate of drug-likeness (QED) is 0.795. The van der Waals surface area contributed by atoms with Gasteiger partial charge in [-0.2, -0.15) is 0 Å². The molecule has 1 atom stereocenters. The second-order valence-corrected chi connectivity index (χ2v) is 5.11. The zero-order valence-electron chi connectivity index (χ0n) is 12.1. The third-order valence-electron chi connectivity index (χ3n) is 3.62. The molecule has 0 saturated heterocycles. The summed E-state index contributed by atoms with van der Waals surface area (Å²) in [5.41, 5.74) is 0.403. The number of hydrogen-bond donors (Lipinski definition) is 1. The van der Waals surface area contributed by atoms with Gasteiger partial charge in [0.25, 0.3) is 0 Å². The summed E-state index contributed by atoms with van der Waals surface area (Å²) in [4.78, 5) is 11.9. The topological polar surface area (TPSA) is 59.7 Å². The van der Waals surface area contributed by atoms with Gasteiger partial charge in [0.15, 0.2) is 0 Å². The zero-order valence-corrected chi connectivity index (χ0v) is 12.1. The second kappa shape index (κ2) is 7.09. The van der Waals surface area contributed by atoms with E-state index in [1.807, 2.05) is 37.3 Å². The molecule has 0 fully saturated rings. The molecule has 1 N–H and O–H groups in total. The van der Waals surface area contributed by atoms with E-state index in [1.54, 1.807) is 12.1 Å². The summed E-state index contributed by atoms with van der Waals surface area (Å²) in [5, 5.41) is 9.89. The summed E-state index contributed by atoms with van der Waals surface area (Å²) in [5.74, 6) is -0.337. The van der Waals surface area contributed by atoms with Crippen molar-refractivity contribution in [1.29, 1.82) is 0 Å². The number of aliphatic hydroxyl groups is 1. The lowest BCUT2D eigenvalue weighted by Crippen LogP contribution is -2.36. The molecule has 2 rings (SSSR count). The van der Waals surface area contributed by atoms with Crippen LogP contribution in [0.3, 0.4) is 0 Å². The van der Waals surface area contributed by atoms with Gasteiger partial charge in [-0.25, -0.2) is 4.79 Å². The largest absolute Gasteiger partial charge is 0.459 e. The van der Waals surface area contributed by atoms with Crippen molar-refractivity contribution in [2.24, 2.45) is 0 Å². The van der Waals surface area contributed by atoms with Gasteiger partial charge in [-0.1, -0.05) is 43.7 Å². The molecule has 0 radical (unpaired) electrons. The SMILES string of the molecule is CCCC(CO)(COC(=O)c1ccco1)c1ccccc1. The molecule has 4 nitrogen and oxygen atoms in total. The Balaban J connectivity index is 2.15.